The maximum Gasteiger partial charge on any atom is 0.202 e. The summed E-state index contributed by atoms with van der Waals surface area (Å²) in [5.74, 6) is 1.54. The number of nitrogens with one attached hydrogen (secondary N) is 1. The fourth-order valence-corrected chi connectivity index (χ4v) is 2.12. The summed E-state index contributed by atoms with van der Waals surface area (Å²) in [5.41, 5.74) is 0. The molecule has 96 valence electrons. The zero-order valence-corrected chi connectivity index (χ0v) is 10.4. The van der Waals surface area contributed by atoms with Gasteiger partial charge in [0, 0.05) is 45.1 Å². The summed E-state index contributed by atoms with van der Waals surface area (Å²) in [6.07, 6.45) is 6.27. The van der Waals surface area contributed by atoms with Gasteiger partial charge < -0.3 is 19.4 Å². The van der Waals surface area contributed by atoms with Crippen LogP contribution in [0.5, 0.6) is 0 Å². The van der Waals surface area contributed by atoms with Crippen LogP contribution in [0.15, 0.2) is 12.4 Å². The first-order chi connectivity index (χ1) is 8.40. The second-order valence-corrected chi connectivity index (χ2v) is 4.41. The van der Waals surface area contributed by atoms with Crippen molar-refractivity contribution >= 4 is 5.95 Å². The lowest BCUT2D eigenvalue weighted by molar-refractivity contribution is 0.0485. The number of imidazole rings is 1. The zero-order chi connectivity index (χ0) is 11.9. The lowest BCUT2D eigenvalue weighted by Crippen LogP contribution is -2.23. The summed E-state index contributed by atoms with van der Waals surface area (Å²) < 4.78 is 12.7. The molecule has 1 aromatic heterocycles. The Hall–Kier alpha value is -1.07. The van der Waals surface area contributed by atoms with Gasteiger partial charge >= 0.3 is 0 Å². The van der Waals surface area contributed by atoms with Crippen molar-refractivity contribution in [2.45, 2.75) is 19.4 Å². The third-order valence-electron chi connectivity index (χ3n) is 3.01. The van der Waals surface area contributed by atoms with Gasteiger partial charge in [0.1, 0.15) is 0 Å². The summed E-state index contributed by atoms with van der Waals surface area (Å²) in [5, 5.41) is 3.27. The number of ether oxygens (including phenoxy) is 2. The van der Waals surface area contributed by atoms with E-state index in [0.717, 1.165) is 32.3 Å². The molecule has 0 aliphatic carbocycles. The predicted molar refractivity (Wildman–Crippen MR) is 66.1 cm³/mol. The van der Waals surface area contributed by atoms with E-state index in [4.69, 9.17) is 9.47 Å². The van der Waals surface area contributed by atoms with Crippen LogP contribution in [0.4, 0.5) is 5.95 Å². The fraction of sp³-hybridized carbons (Fsp3) is 0.750. The molecule has 2 heterocycles. The Morgan fingerprint density at radius 1 is 1.65 bits per heavy atom. The number of anilines is 1. The molecule has 0 saturated carbocycles. The van der Waals surface area contributed by atoms with Gasteiger partial charge in [-0.2, -0.15) is 0 Å². The molecule has 1 aliphatic heterocycles. The highest BCUT2D eigenvalue weighted by atomic mass is 16.5. The maximum absolute atomic E-state index is 5.50. The zero-order valence-electron chi connectivity index (χ0n) is 10.4. The highest BCUT2D eigenvalue weighted by Gasteiger charge is 2.15. The van der Waals surface area contributed by atoms with Crippen molar-refractivity contribution in [1.82, 2.24) is 9.55 Å². The lowest BCUT2D eigenvalue weighted by Gasteiger charge is -2.23. The van der Waals surface area contributed by atoms with Crippen LogP contribution in [0.1, 0.15) is 12.8 Å². The summed E-state index contributed by atoms with van der Waals surface area (Å²) in [7, 11) is 1.70. The Bertz CT molecular complexity index is 321. The van der Waals surface area contributed by atoms with E-state index in [1.165, 1.54) is 12.8 Å². The van der Waals surface area contributed by atoms with Crippen LogP contribution >= 0.6 is 0 Å². The molecule has 0 bridgehead atoms. The molecule has 1 N–H and O–H groups in total. The molecule has 2 rings (SSSR count). The Balaban J connectivity index is 1.84. The molecule has 0 aromatic carbocycles. The van der Waals surface area contributed by atoms with Crippen LogP contribution in [0.3, 0.4) is 0 Å². The van der Waals surface area contributed by atoms with Gasteiger partial charge in [-0.3, -0.25) is 0 Å². The smallest absolute Gasteiger partial charge is 0.202 e. The van der Waals surface area contributed by atoms with Gasteiger partial charge in [0.15, 0.2) is 0 Å². The maximum atomic E-state index is 5.50. The van der Waals surface area contributed by atoms with E-state index in [2.05, 4.69) is 14.9 Å². The van der Waals surface area contributed by atoms with Crippen LogP contribution in [0.2, 0.25) is 0 Å². The topological polar surface area (TPSA) is 48.3 Å². The molecule has 5 heteroatoms. The highest BCUT2D eigenvalue weighted by Crippen LogP contribution is 2.17. The average Bonchev–Trinajstić information content (AvgIpc) is 2.79. The van der Waals surface area contributed by atoms with Crippen molar-refractivity contribution < 1.29 is 9.47 Å². The normalized spacial score (nSPS) is 20.4. The van der Waals surface area contributed by atoms with Crippen LogP contribution in [-0.2, 0) is 16.0 Å². The van der Waals surface area contributed by atoms with Crippen LogP contribution in [-0.4, -0.2) is 43.0 Å². The minimum atomic E-state index is 0.612. The van der Waals surface area contributed by atoms with E-state index in [1.54, 1.807) is 7.11 Å². The van der Waals surface area contributed by atoms with Crippen LogP contribution in [0, 0.1) is 5.92 Å². The van der Waals surface area contributed by atoms with E-state index in [0.29, 0.717) is 12.5 Å². The van der Waals surface area contributed by atoms with Crippen molar-refractivity contribution in [3.8, 4) is 0 Å². The third kappa shape index (κ3) is 3.71. The summed E-state index contributed by atoms with van der Waals surface area (Å²) in [6, 6.07) is 0. The lowest BCUT2D eigenvalue weighted by atomic mass is 10.0. The van der Waals surface area contributed by atoms with Gasteiger partial charge in [0.05, 0.1) is 13.2 Å². The Morgan fingerprint density at radius 3 is 3.35 bits per heavy atom. The van der Waals surface area contributed by atoms with E-state index in [-0.39, 0.29) is 0 Å². The Morgan fingerprint density at radius 2 is 2.59 bits per heavy atom. The number of aromatic nitrogens is 2. The molecule has 1 aliphatic rings. The first-order valence-electron chi connectivity index (χ1n) is 6.22. The summed E-state index contributed by atoms with van der Waals surface area (Å²) >= 11 is 0. The van der Waals surface area contributed by atoms with Gasteiger partial charge in [0.2, 0.25) is 5.95 Å². The summed E-state index contributed by atoms with van der Waals surface area (Å²) in [4.78, 5) is 4.31. The molecule has 0 radical (unpaired) electrons. The first kappa shape index (κ1) is 12.4. The molecule has 1 saturated heterocycles. The van der Waals surface area contributed by atoms with Gasteiger partial charge in [0.25, 0.3) is 0 Å². The number of rotatable bonds is 6. The van der Waals surface area contributed by atoms with E-state index < -0.39 is 0 Å². The van der Waals surface area contributed by atoms with Gasteiger partial charge in [-0.05, 0) is 12.8 Å². The van der Waals surface area contributed by atoms with Crippen molar-refractivity contribution in [3.63, 3.8) is 0 Å². The standard InChI is InChI=1S/C12H21N3O2/c1-16-8-5-14-12-13-4-6-15(12)9-11-3-2-7-17-10-11/h4,6,11H,2-3,5,7-10H2,1H3,(H,13,14). The molecule has 5 nitrogen and oxygen atoms in total. The van der Waals surface area contributed by atoms with E-state index in [9.17, 15) is 0 Å². The van der Waals surface area contributed by atoms with Gasteiger partial charge in [-0.1, -0.05) is 0 Å². The number of hydrogen-bond donors (Lipinski definition) is 1. The molecule has 1 unspecified atom stereocenters. The first-order valence-corrected chi connectivity index (χ1v) is 6.22. The summed E-state index contributed by atoms with van der Waals surface area (Å²) in [6.45, 7) is 4.25. The molecule has 1 fully saturated rings. The van der Waals surface area contributed by atoms with E-state index in [1.807, 2.05) is 12.4 Å². The number of hydrogen-bond acceptors (Lipinski definition) is 4. The average molecular weight is 239 g/mol. The van der Waals surface area contributed by atoms with Crippen molar-refractivity contribution in [2.24, 2.45) is 5.92 Å². The SMILES string of the molecule is COCCNc1nccn1CC1CCCOC1. The second kappa shape index (κ2) is 6.61. The quantitative estimate of drug-likeness (QED) is 0.762. The van der Waals surface area contributed by atoms with Gasteiger partial charge in [-0.25, -0.2) is 4.98 Å². The Labute approximate surface area is 102 Å². The van der Waals surface area contributed by atoms with Crippen molar-refractivity contribution in [2.75, 3.05) is 38.8 Å². The molecule has 0 spiro atoms. The highest BCUT2D eigenvalue weighted by molar-refractivity contribution is 5.25. The van der Waals surface area contributed by atoms with Crippen molar-refractivity contribution in [1.29, 1.82) is 0 Å². The Kier molecular flexibility index (Phi) is 4.82. The van der Waals surface area contributed by atoms with Gasteiger partial charge in [-0.15, -0.1) is 0 Å². The molecular formula is C12H21N3O2. The minimum absolute atomic E-state index is 0.612. The molecule has 1 atom stereocenters. The molecule has 1 aromatic rings. The van der Waals surface area contributed by atoms with Crippen LogP contribution in [0.25, 0.3) is 0 Å². The number of methoxy groups -OCH3 is 1. The monoisotopic (exact) mass is 239 g/mol. The van der Waals surface area contributed by atoms with Crippen molar-refractivity contribution in [3.05, 3.63) is 12.4 Å². The molecule has 0 amide bonds. The van der Waals surface area contributed by atoms with Crippen LogP contribution < -0.4 is 5.32 Å². The minimum Gasteiger partial charge on any atom is -0.383 e. The number of nitrogens with zero attached hydrogens (tertiary/aromatic N) is 2. The largest absolute Gasteiger partial charge is 0.383 e. The molecule has 17 heavy (non-hydrogen) atoms. The molecular weight excluding hydrogens is 218 g/mol. The van der Waals surface area contributed by atoms with E-state index >= 15 is 0 Å². The predicted octanol–water partition coefficient (Wildman–Crippen LogP) is 1.37. The third-order valence-corrected chi connectivity index (χ3v) is 3.01. The fourth-order valence-electron chi connectivity index (χ4n) is 2.12. The second-order valence-electron chi connectivity index (χ2n) is 4.41.